The zero-order valence-corrected chi connectivity index (χ0v) is 14.0. The predicted molar refractivity (Wildman–Crippen MR) is 82.9 cm³/mol. The zero-order chi connectivity index (χ0) is 17.9. The van der Waals surface area contributed by atoms with E-state index in [0.29, 0.717) is 5.69 Å². The van der Waals surface area contributed by atoms with Gasteiger partial charge in [0.25, 0.3) is 0 Å². The first-order valence-corrected chi connectivity index (χ1v) is 8.94. The summed E-state index contributed by atoms with van der Waals surface area (Å²) in [5.74, 6) is -0.745. The lowest BCUT2D eigenvalue weighted by atomic mass is 10.2. The van der Waals surface area contributed by atoms with E-state index in [1.165, 1.54) is 30.0 Å². The number of amides is 1. The second kappa shape index (κ2) is 7.16. The molecule has 1 fully saturated rings. The Hall–Kier alpha value is -2.17. The van der Waals surface area contributed by atoms with Crippen molar-refractivity contribution in [2.45, 2.75) is 23.9 Å². The van der Waals surface area contributed by atoms with Crippen LogP contribution in [0.15, 0.2) is 29.2 Å². The Morgan fingerprint density at radius 2 is 2.21 bits per heavy atom. The van der Waals surface area contributed by atoms with Crippen LogP contribution in [0.4, 0.5) is 10.5 Å². The number of ether oxygens (including phenoxy) is 1. The summed E-state index contributed by atoms with van der Waals surface area (Å²) >= 11 is 0. The lowest BCUT2D eigenvalue weighted by Crippen LogP contribution is -2.38. The highest BCUT2D eigenvalue weighted by molar-refractivity contribution is 7.90. The number of sulfone groups is 1. The summed E-state index contributed by atoms with van der Waals surface area (Å²) in [7, 11) is -3.42. The van der Waals surface area contributed by atoms with Gasteiger partial charge in [0.05, 0.1) is 4.90 Å². The van der Waals surface area contributed by atoms with Crippen molar-refractivity contribution < 1.29 is 32.5 Å². The molecule has 1 heterocycles. The maximum absolute atomic E-state index is 11.9. The molecule has 1 amide bonds. The van der Waals surface area contributed by atoms with Gasteiger partial charge in [0.15, 0.2) is 9.84 Å². The van der Waals surface area contributed by atoms with Crippen LogP contribution in [0.5, 0.6) is 0 Å². The molecule has 0 aromatic heterocycles. The van der Waals surface area contributed by atoms with E-state index in [9.17, 15) is 18.0 Å². The smallest absolute Gasteiger partial charge is 0.414 e. The van der Waals surface area contributed by atoms with Crippen LogP contribution >= 0.6 is 0 Å². The number of anilines is 1. The third-order valence-electron chi connectivity index (χ3n) is 3.26. The molecular weight excluding hydrogens is 340 g/mol. The van der Waals surface area contributed by atoms with E-state index in [1.807, 2.05) is 0 Å². The summed E-state index contributed by atoms with van der Waals surface area (Å²) in [6, 6.07) is 4.47. The fourth-order valence-electron chi connectivity index (χ4n) is 2.01. The van der Waals surface area contributed by atoms with Crippen molar-refractivity contribution in [2.75, 3.05) is 24.4 Å². The van der Waals surface area contributed by atoms with Crippen molar-refractivity contribution >= 4 is 27.6 Å². The molecule has 1 aliphatic rings. The van der Waals surface area contributed by atoms with Crippen LogP contribution in [0.25, 0.3) is 0 Å². The van der Waals surface area contributed by atoms with Gasteiger partial charge in [-0.1, -0.05) is 6.07 Å². The van der Waals surface area contributed by atoms with E-state index in [4.69, 9.17) is 15.4 Å². The van der Waals surface area contributed by atoms with E-state index in [2.05, 4.69) is 4.89 Å². The molecule has 2 rings (SSSR count). The Labute approximate surface area is 139 Å². The Bertz CT molecular complexity index is 732. The highest BCUT2D eigenvalue weighted by atomic mass is 32.2. The van der Waals surface area contributed by atoms with E-state index >= 15 is 0 Å². The van der Waals surface area contributed by atoms with Gasteiger partial charge in [-0.3, -0.25) is 9.79 Å². The summed E-state index contributed by atoms with van der Waals surface area (Å²) in [5, 5.41) is 0. The average Bonchev–Trinajstić information content (AvgIpc) is 2.87. The van der Waals surface area contributed by atoms with Gasteiger partial charge < -0.3 is 10.5 Å². The van der Waals surface area contributed by atoms with Crippen LogP contribution in [0, 0.1) is 0 Å². The van der Waals surface area contributed by atoms with Crippen molar-refractivity contribution in [2.24, 2.45) is 5.73 Å². The van der Waals surface area contributed by atoms with Crippen molar-refractivity contribution in [3.8, 4) is 0 Å². The highest BCUT2D eigenvalue weighted by Gasteiger charge is 2.35. The molecule has 24 heavy (non-hydrogen) atoms. The summed E-state index contributed by atoms with van der Waals surface area (Å²) in [4.78, 5) is 33.8. The normalized spacial score (nSPS) is 19.0. The van der Waals surface area contributed by atoms with Crippen LogP contribution < -0.4 is 10.6 Å². The Morgan fingerprint density at radius 1 is 1.50 bits per heavy atom. The molecule has 0 spiro atoms. The highest BCUT2D eigenvalue weighted by Crippen LogP contribution is 2.26. The first-order valence-electron chi connectivity index (χ1n) is 7.05. The molecule has 0 saturated carbocycles. The molecule has 0 aliphatic carbocycles. The molecule has 2 N–H and O–H groups in total. The number of carbonyl (C=O) groups excluding carboxylic acids is 2. The third kappa shape index (κ3) is 4.22. The molecule has 0 radical (unpaired) electrons. The Kier molecular flexibility index (Phi) is 5.42. The van der Waals surface area contributed by atoms with Gasteiger partial charge >= 0.3 is 12.1 Å². The molecule has 1 saturated heterocycles. The summed E-state index contributed by atoms with van der Waals surface area (Å²) in [6.45, 7) is 1.31. The third-order valence-corrected chi connectivity index (χ3v) is 4.37. The monoisotopic (exact) mass is 358 g/mol. The number of cyclic esters (lactones) is 1. The van der Waals surface area contributed by atoms with Gasteiger partial charge in [0.2, 0.25) is 0 Å². The standard InChI is InChI=1S/C14H18N2O7S/c1-9(15)13(17)23-22-8-11-7-21-14(18)16(11)10-4-3-5-12(6-10)24(2,19)20/h3-6,9,11H,7-8,15H2,1-2H3/t9-,11?/m0/s1. The molecule has 0 bridgehead atoms. The first-order chi connectivity index (χ1) is 11.2. The number of carbonyl (C=O) groups is 2. The maximum Gasteiger partial charge on any atom is 0.414 e. The minimum absolute atomic E-state index is 0.0116. The second-order valence-electron chi connectivity index (χ2n) is 5.35. The fraction of sp³-hybridized carbons (Fsp3) is 0.429. The lowest BCUT2D eigenvalue weighted by Gasteiger charge is -2.21. The number of benzene rings is 1. The number of hydrogen-bond acceptors (Lipinski definition) is 8. The topological polar surface area (TPSA) is 125 Å². The van der Waals surface area contributed by atoms with Gasteiger partial charge in [-0.2, -0.15) is 4.89 Å². The minimum atomic E-state index is -3.42. The van der Waals surface area contributed by atoms with Crippen molar-refractivity contribution in [3.63, 3.8) is 0 Å². The van der Waals surface area contributed by atoms with Crippen LogP contribution in [0.1, 0.15) is 6.92 Å². The number of nitrogens with zero attached hydrogens (tertiary/aromatic N) is 1. The van der Waals surface area contributed by atoms with Gasteiger partial charge in [-0.15, -0.1) is 0 Å². The average molecular weight is 358 g/mol. The molecule has 132 valence electrons. The minimum Gasteiger partial charge on any atom is -0.447 e. The molecule has 1 unspecified atom stereocenters. The van der Waals surface area contributed by atoms with Crippen LogP contribution in [0.3, 0.4) is 0 Å². The SMILES string of the molecule is C[C@H](N)C(=O)OOCC1COC(=O)N1c1cccc(S(C)(=O)=O)c1. The Balaban J connectivity index is 2.12. The zero-order valence-electron chi connectivity index (χ0n) is 13.2. The number of nitrogens with two attached hydrogens (primary N) is 1. The lowest BCUT2D eigenvalue weighted by molar-refractivity contribution is -0.274. The molecule has 1 aromatic carbocycles. The molecule has 1 aliphatic heterocycles. The summed E-state index contributed by atoms with van der Waals surface area (Å²) < 4.78 is 28.2. The molecule has 1 aromatic rings. The van der Waals surface area contributed by atoms with Gasteiger partial charge in [-0.25, -0.2) is 18.0 Å². The van der Waals surface area contributed by atoms with Crippen molar-refractivity contribution in [3.05, 3.63) is 24.3 Å². The van der Waals surface area contributed by atoms with Gasteiger partial charge in [0.1, 0.15) is 25.3 Å². The molecular formula is C14H18N2O7S. The first kappa shape index (κ1) is 18.2. The Morgan fingerprint density at radius 3 is 2.83 bits per heavy atom. The molecule has 9 nitrogen and oxygen atoms in total. The van der Waals surface area contributed by atoms with E-state index in [-0.39, 0.29) is 18.1 Å². The molecule has 2 atom stereocenters. The van der Waals surface area contributed by atoms with Crippen molar-refractivity contribution in [1.82, 2.24) is 0 Å². The van der Waals surface area contributed by atoms with Crippen LogP contribution in [0.2, 0.25) is 0 Å². The quantitative estimate of drug-likeness (QED) is 0.566. The second-order valence-corrected chi connectivity index (χ2v) is 7.36. The van der Waals surface area contributed by atoms with Crippen LogP contribution in [-0.2, 0) is 29.1 Å². The van der Waals surface area contributed by atoms with Crippen molar-refractivity contribution in [1.29, 1.82) is 0 Å². The fourth-order valence-corrected chi connectivity index (χ4v) is 2.67. The summed E-state index contributed by atoms with van der Waals surface area (Å²) in [5.41, 5.74) is 5.67. The largest absolute Gasteiger partial charge is 0.447 e. The van der Waals surface area contributed by atoms with Gasteiger partial charge in [0, 0.05) is 11.9 Å². The van der Waals surface area contributed by atoms with Crippen LogP contribution in [-0.4, -0.2) is 52.0 Å². The van der Waals surface area contributed by atoms with Gasteiger partial charge in [-0.05, 0) is 25.1 Å². The number of hydrogen-bond donors (Lipinski definition) is 1. The maximum atomic E-state index is 11.9. The van der Waals surface area contributed by atoms with E-state index in [1.54, 1.807) is 6.07 Å². The van der Waals surface area contributed by atoms with E-state index in [0.717, 1.165) is 6.26 Å². The van der Waals surface area contributed by atoms with E-state index < -0.39 is 34.0 Å². The summed E-state index contributed by atoms with van der Waals surface area (Å²) in [6.07, 6.45) is 0.426. The molecule has 10 heteroatoms. The predicted octanol–water partition coefficient (Wildman–Crippen LogP) is 0.237. The number of rotatable bonds is 6.